The first-order valence-corrected chi connectivity index (χ1v) is 6.51. The van der Waals surface area contributed by atoms with Gasteiger partial charge in [0, 0.05) is 19.1 Å². The average molecular weight is 250 g/mol. The average Bonchev–Trinajstić information content (AvgIpc) is 2.29. The van der Waals surface area contributed by atoms with Gasteiger partial charge in [-0.05, 0) is 29.0 Å². The zero-order chi connectivity index (χ0) is 13.8. The molecule has 1 unspecified atom stereocenters. The van der Waals surface area contributed by atoms with Gasteiger partial charge in [-0.25, -0.2) is 0 Å². The molecule has 1 atom stereocenters. The van der Waals surface area contributed by atoms with Crippen molar-refractivity contribution < 1.29 is 5.11 Å². The first kappa shape index (κ1) is 15.2. The number of nitrogens with one attached hydrogen (secondary N) is 1. The van der Waals surface area contributed by atoms with Crippen molar-refractivity contribution in [1.82, 2.24) is 5.32 Å². The standard InChI is InChI=1S/C15H26N2O/c1-11-5-6-13(15(2,3)4)7-12(11)8-17-9-14(16)10-18/h5-7,14,17-18H,8-10,16H2,1-4H3. The summed E-state index contributed by atoms with van der Waals surface area (Å²) < 4.78 is 0. The molecule has 1 rings (SSSR count). The summed E-state index contributed by atoms with van der Waals surface area (Å²) in [7, 11) is 0. The van der Waals surface area contributed by atoms with Gasteiger partial charge in [-0.2, -0.15) is 0 Å². The fourth-order valence-electron chi connectivity index (χ4n) is 1.79. The van der Waals surface area contributed by atoms with Crippen molar-refractivity contribution in [3.8, 4) is 0 Å². The van der Waals surface area contributed by atoms with Crippen LogP contribution in [-0.2, 0) is 12.0 Å². The quantitative estimate of drug-likeness (QED) is 0.745. The highest BCUT2D eigenvalue weighted by Crippen LogP contribution is 2.24. The maximum absolute atomic E-state index is 8.87. The molecule has 0 heterocycles. The lowest BCUT2D eigenvalue weighted by Crippen LogP contribution is -2.36. The molecule has 0 amide bonds. The second-order valence-electron chi connectivity index (χ2n) is 5.96. The van der Waals surface area contributed by atoms with Crippen LogP contribution in [0.1, 0.15) is 37.5 Å². The zero-order valence-electron chi connectivity index (χ0n) is 12.0. The molecule has 0 aliphatic heterocycles. The van der Waals surface area contributed by atoms with E-state index in [9.17, 15) is 0 Å². The molecule has 0 radical (unpaired) electrons. The Hall–Kier alpha value is -0.900. The third kappa shape index (κ3) is 4.41. The summed E-state index contributed by atoms with van der Waals surface area (Å²) in [5, 5.41) is 12.2. The minimum atomic E-state index is -0.184. The Morgan fingerprint density at radius 1 is 1.33 bits per heavy atom. The normalized spacial score (nSPS) is 13.7. The highest BCUT2D eigenvalue weighted by Gasteiger charge is 2.14. The van der Waals surface area contributed by atoms with Crippen molar-refractivity contribution in [1.29, 1.82) is 0 Å². The molecular weight excluding hydrogens is 224 g/mol. The van der Waals surface area contributed by atoms with Crippen LogP contribution in [0.15, 0.2) is 18.2 Å². The fourth-order valence-corrected chi connectivity index (χ4v) is 1.79. The third-order valence-electron chi connectivity index (χ3n) is 3.17. The maximum atomic E-state index is 8.87. The van der Waals surface area contributed by atoms with Gasteiger partial charge in [-0.3, -0.25) is 0 Å². The van der Waals surface area contributed by atoms with Gasteiger partial charge in [-0.1, -0.05) is 39.0 Å². The van der Waals surface area contributed by atoms with Crippen LogP contribution in [0, 0.1) is 6.92 Å². The van der Waals surface area contributed by atoms with Gasteiger partial charge in [-0.15, -0.1) is 0 Å². The van der Waals surface area contributed by atoms with Crippen LogP contribution in [0.4, 0.5) is 0 Å². The summed E-state index contributed by atoms with van der Waals surface area (Å²) >= 11 is 0. The van der Waals surface area contributed by atoms with Crippen LogP contribution in [0.25, 0.3) is 0 Å². The molecule has 0 fully saturated rings. The number of nitrogens with two attached hydrogens (primary N) is 1. The van der Waals surface area contributed by atoms with E-state index in [-0.39, 0.29) is 18.1 Å². The van der Waals surface area contributed by atoms with E-state index in [1.165, 1.54) is 16.7 Å². The monoisotopic (exact) mass is 250 g/mol. The van der Waals surface area contributed by atoms with Crippen LogP contribution in [-0.4, -0.2) is 24.3 Å². The van der Waals surface area contributed by atoms with Gasteiger partial charge in [0.15, 0.2) is 0 Å². The topological polar surface area (TPSA) is 58.3 Å². The van der Waals surface area contributed by atoms with E-state index in [1.54, 1.807) is 0 Å². The van der Waals surface area contributed by atoms with E-state index >= 15 is 0 Å². The lowest BCUT2D eigenvalue weighted by Gasteiger charge is -2.21. The number of benzene rings is 1. The molecule has 0 aliphatic rings. The van der Waals surface area contributed by atoms with Crippen molar-refractivity contribution in [2.75, 3.05) is 13.2 Å². The van der Waals surface area contributed by atoms with E-state index in [0.717, 1.165) is 6.54 Å². The molecule has 18 heavy (non-hydrogen) atoms. The van der Waals surface area contributed by atoms with Crippen molar-refractivity contribution in [2.24, 2.45) is 5.73 Å². The highest BCUT2D eigenvalue weighted by atomic mass is 16.3. The molecule has 0 aliphatic carbocycles. The molecular formula is C15H26N2O. The van der Waals surface area contributed by atoms with E-state index < -0.39 is 0 Å². The molecule has 0 aromatic heterocycles. The summed E-state index contributed by atoms with van der Waals surface area (Å²) in [5.41, 5.74) is 9.76. The van der Waals surface area contributed by atoms with Crippen molar-refractivity contribution >= 4 is 0 Å². The first-order chi connectivity index (χ1) is 8.34. The Labute approximate surface area is 110 Å². The summed E-state index contributed by atoms with van der Waals surface area (Å²) in [5.74, 6) is 0. The number of aliphatic hydroxyl groups is 1. The van der Waals surface area contributed by atoms with E-state index in [1.807, 2.05) is 0 Å². The maximum Gasteiger partial charge on any atom is 0.0594 e. The summed E-state index contributed by atoms with van der Waals surface area (Å²) in [6.07, 6.45) is 0. The van der Waals surface area contributed by atoms with Crippen LogP contribution in [0.2, 0.25) is 0 Å². The lowest BCUT2D eigenvalue weighted by molar-refractivity contribution is 0.262. The Balaban J connectivity index is 2.70. The molecule has 0 bridgehead atoms. The predicted octanol–water partition coefficient (Wildman–Crippen LogP) is 1.70. The Morgan fingerprint density at radius 2 is 2.00 bits per heavy atom. The van der Waals surface area contributed by atoms with E-state index in [2.05, 4.69) is 51.2 Å². The van der Waals surface area contributed by atoms with Crippen molar-refractivity contribution in [3.63, 3.8) is 0 Å². The molecule has 0 spiro atoms. The molecule has 3 heteroatoms. The zero-order valence-corrected chi connectivity index (χ0v) is 12.0. The minimum Gasteiger partial charge on any atom is -0.395 e. The third-order valence-corrected chi connectivity index (χ3v) is 3.17. The van der Waals surface area contributed by atoms with E-state index in [4.69, 9.17) is 10.8 Å². The smallest absolute Gasteiger partial charge is 0.0594 e. The molecule has 1 aromatic rings. The van der Waals surface area contributed by atoms with Crippen LogP contribution in [0.5, 0.6) is 0 Å². The fraction of sp³-hybridized carbons (Fsp3) is 0.600. The van der Waals surface area contributed by atoms with Crippen LogP contribution in [0.3, 0.4) is 0 Å². The van der Waals surface area contributed by atoms with E-state index in [0.29, 0.717) is 6.54 Å². The first-order valence-electron chi connectivity index (χ1n) is 6.51. The largest absolute Gasteiger partial charge is 0.395 e. The van der Waals surface area contributed by atoms with Crippen LogP contribution >= 0.6 is 0 Å². The number of hydrogen-bond acceptors (Lipinski definition) is 3. The Bertz CT molecular complexity index is 383. The number of aryl methyl sites for hydroxylation is 1. The second-order valence-corrected chi connectivity index (χ2v) is 5.96. The molecule has 0 saturated heterocycles. The summed E-state index contributed by atoms with van der Waals surface area (Å²) in [6, 6.07) is 6.44. The van der Waals surface area contributed by atoms with Gasteiger partial charge in [0.05, 0.1) is 6.61 Å². The number of aliphatic hydroxyl groups excluding tert-OH is 1. The van der Waals surface area contributed by atoms with Gasteiger partial charge in [0.1, 0.15) is 0 Å². The van der Waals surface area contributed by atoms with Crippen molar-refractivity contribution in [2.45, 2.75) is 45.7 Å². The molecule has 102 valence electrons. The number of hydrogen-bond donors (Lipinski definition) is 3. The highest BCUT2D eigenvalue weighted by molar-refractivity contribution is 5.34. The number of rotatable bonds is 5. The minimum absolute atomic E-state index is 0.0218. The molecule has 0 saturated carbocycles. The lowest BCUT2D eigenvalue weighted by atomic mass is 9.85. The Morgan fingerprint density at radius 3 is 2.56 bits per heavy atom. The Kier molecular flexibility index (Phi) is 5.32. The second kappa shape index (κ2) is 6.32. The predicted molar refractivity (Wildman–Crippen MR) is 76.6 cm³/mol. The van der Waals surface area contributed by atoms with Gasteiger partial charge in [0.25, 0.3) is 0 Å². The summed E-state index contributed by atoms with van der Waals surface area (Å²) in [4.78, 5) is 0. The van der Waals surface area contributed by atoms with Crippen LogP contribution < -0.4 is 11.1 Å². The van der Waals surface area contributed by atoms with Crippen molar-refractivity contribution in [3.05, 3.63) is 34.9 Å². The van der Waals surface area contributed by atoms with Gasteiger partial charge < -0.3 is 16.2 Å². The molecule has 3 nitrogen and oxygen atoms in total. The summed E-state index contributed by atoms with van der Waals surface area (Å²) in [6.45, 7) is 10.2. The van der Waals surface area contributed by atoms with Gasteiger partial charge >= 0.3 is 0 Å². The molecule has 1 aromatic carbocycles. The van der Waals surface area contributed by atoms with Gasteiger partial charge in [0.2, 0.25) is 0 Å². The molecule has 4 N–H and O–H groups in total. The SMILES string of the molecule is Cc1ccc(C(C)(C)C)cc1CNCC(N)CO.